The first kappa shape index (κ1) is 25.6. The Balaban J connectivity index is 1.20. The first-order valence-corrected chi connectivity index (χ1v) is 16.6. The van der Waals surface area contributed by atoms with Gasteiger partial charge in [-0.15, -0.1) is 11.3 Å². The Kier molecular flexibility index (Phi) is 5.51. The fraction of sp³-hybridized carbons (Fsp3) is 0. The summed E-state index contributed by atoms with van der Waals surface area (Å²) in [7, 11) is 0. The third-order valence-electron chi connectivity index (χ3n) is 9.55. The van der Waals surface area contributed by atoms with E-state index in [2.05, 4.69) is 168 Å². The topological polar surface area (TPSA) is 4.93 Å². The predicted molar refractivity (Wildman–Crippen MR) is 200 cm³/mol. The van der Waals surface area contributed by atoms with Crippen molar-refractivity contribution in [3.8, 4) is 27.9 Å². The van der Waals surface area contributed by atoms with Gasteiger partial charge in [-0.2, -0.15) is 0 Å². The summed E-state index contributed by atoms with van der Waals surface area (Å²) in [6, 6.07) is 60.2. The van der Waals surface area contributed by atoms with E-state index >= 15 is 0 Å². The Morgan fingerprint density at radius 2 is 1.04 bits per heavy atom. The van der Waals surface area contributed by atoms with Gasteiger partial charge in [0.2, 0.25) is 0 Å². The Hall–Kier alpha value is -5.70. The van der Waals surface area contributed by atoms with Gasteiger partial charge >= 0.3 is 0 Å². The van der Waals surface area contributed by atoms with Crippen molar-refractivity contribution >= 4 is 74.9 Å². The third-order valence-corrected chi connectivity index (χ3v) is 10.8. The minimum Gasteiger partial charge on any atom is -0.309 e. The van der Waals surface area contributed by atoms with Crippen LogP contribution in [0.25, 0.3) is 91.5 Å². The van der Waals surface area contributed by atoms with E-state index < -0.39 is 0 Å². The van der Waals surface area contributed by atoms with Crippen LogP contribution in [-0.2, 0) is 0 Å². The fourth-order valence-electron chi connectivity index (χ4n) is 7.52. The maximum Gasteiger partial charge on any atom is 0.0541 e. The van der Waals surface area contributed by atoms with Crippen molar-refractivity contribution in [1.29, 1.82) is 0 Å². The predicted octanol–water partition coefficient (Wildman–Crippen LogP) is 12.8. The number of benzene rings is 8. The molecule has 0 aliphatic rings. The van der Waals surface area contributed by atoms with Gasteiger partial charge in [0.25, 0.3) is 0 Å². The van der Waals surface area contributed by atoms with Gasteiger partial charge in [-0.1, -0.05) is 121 Å². The molecule has 0 saturated heterocycles. The van der Waals surface area contributed by atoms with E-state index in [-0.39, 0.29) is 0 Å². The van der Waals surface area contributed by atoms with Crippen molar-refractivity contribution in [2.45, 2.75) is 0 Å². The van der Waals surface area contributed by atoms with Gasteiger partial charge in [-0.25, -0.2) is 0 Å². The molecule has 0 unspecified atom stereocenters. The Morgan fingerprint density at radius 3 is 1.87 bits per heavy atom. The second-order valence-electron chi connectivity index (χ2n) is 12.1. The quantitative estimate of drug-likeness (QED) is 0.178. The molecule has 2 aromatic heterocycles. The lowest BCUT2D eigenvalue weighted by atomic mass is 9.92. The molecule has 0 N–H and O–H groups in total. The second kappa shape index (κ2) is 9.90. The number of nitrogens with zero attached hydrogens (tertiary/aromatic N) is 1. The monoisotopic (exact) mass is 601 g/mol. The molecule has 0 aliphatic heterocycles. The van der Waals surface area contributed by atoms with Crippen LogP contribution in [0.3, 0.4) is 0 Å². The summed E-state index contributed by atoms with van der Waals surface area (Å²) in [5, 5.41) is 10.3. The Bertz CT molecular complexity index is 2760. The number of fused-ring (bicyclic) bond motifs is 8. The number of para-hydroxylation sites is 1. The van der Waals surface area contributed by atoms with Gasteiger partial charge in [0.1, 0.15) is 0 Å². The average molecular weight is 602 g/mol. The zero-order valence-electron chi connectivity index (χ0n) is 24.9. The van der Waals surface area contributed by atoms with E-state index in [9.17, 15) is 0 Å². The van der Waals surface area contributed by atoms with Crippen LogP contribution in [0, 0.1) is 0 Å². The Labute approximate surface area is 270 Å². The molecule has 8 aromatic carbocycles. The van der Waals surface area contributed by atoms with Gasteiger partial charge in [0.15, 0.2) is 0 Å². The molecule has 0 radical (unpaired) electrons. The molecule has 0 saturated carbocycles. The van der Waals surface area contributed by atoms with E-state index in [1.165, 1.54) is 91.5 Å². The fourth-order valence-corrected chi connectivity index (χ4v) is 8.76. The van der Waals surface area contributed by atoms with Crippen LogP contribution in [0.4, 0.5) is 0 Å². The maximum absolute atomic E-state index is 2.44. The lowest BCUT2D eigenvalue weighted by Gasteiger charge is -2.14. The van der Waals surface area contributed by atoms with Crippen LogP contribution >= 0.6 is 11.3 Å². The van der Waals surface area contributed by atoms with E-state index in [0.717, 1.165) is 0 Å². The first-order chi connectivity index (χ1) is 22.8. The van der Waals surface area contributed by atoms with Crippen molar-refractivity contribution in [1.82, 2.24) is 4.57 Å². The van der Waals surface area contributed by atoms with Gasteiger partial charge in [0.05, 0.1) is 11.0 Å². The van der Waals surface area contributed by atoms with Crippen molar-refractivity contribution < 1.29 is 0 Å². The van der Waals surface area contributed by atoms with Crippen LogP contribution in [0.1, 0.15) is 0 Å². The number of rotatable bonds is 3. The number of thiophene rings is 1. The lowest BCUT2D eigenvalue weighted by Crippen LogP contribution is -1.95. The smallest absolute Gasteiger partial charge is 0.0541 e. The molecule has 0 aliphatic carbocycles. The van der Waals surface area contributed by atoms with Crippen LogP contribution in [0.5, 0.6) is 0 Å². The molecule has 0 amide bonds. The van der Waals surface area contributed by atoms with Crippen LogP contribution in [-0.4, -0.2) is 4.57 Å². The van der Waals surface area contributed by atoms with Crippen molar-refractivity contribution in [2.75, 3.05) is 0 Å². The van der Waals surface area contributed by atoms with Crippen molar-refractivity contribution in [2.24, 2.45) is 0 Å². The number of aromatic nitrogens is 1. The zero-order valence-corrected chi connectivity index (χ0v) is 25.8. The first-order valence-electron chi connectivity index (χ1n) is 15.8. The van der Waals surface area contributed by atoms with Crippen molar-refractivity contribution in [3.63, 3.8) is 0 Å². The zero-order chi connectivity index (χ0) is 30.2. The molecular weight excluding hydrogens is 575 g/mol. The summed E-state index contributed by atoms with van der Waals surface area (Å²) in [6.07, 6.45) is 0. The molecule has 10 aromatic rings. The van der Waals surface area contributed by atoms with Gasteiger partial charge in [-0.3, -0.25) is 0 Å². The summed E-state index contributed by atoms with van der Waals surface area (Å²) in [6.45, 7) is 0. The lowest BCUT2D eigenvalue weighted by molar-refractivity contribution is 1.18. The largest absolute Gasteiger partial charge is 0.309 e. The van der Waals surface area contributed by atoms with E-state index in [4.69, 9.17) is 0 Å². The van der Waals surface area contributed by atoms with Crippen LogP contribution in [0.2, 0.25) is 0 Å². The highest BCUT2D eigenvalue weighted by atomic mass is 32.1. The molecule has 0 atom stereocenters. The number of hydrogen-bond acceptors (Lipinski definition) is 1. The second-order valence-corrected chi connectivity index (χ2v) is 13.2. The Morgan fingerprint density at radius 1 is 0.391 bits per heavy atom. The van der Waals surface area contributed by atoms with Crippen LogP contribution < -0.4 is 0 Å². The van der Waals surface area contributed by atoms with Gasteiger partial charge < -0.3 is 4.57 Å². The molecule has 0 spiro atoms. The molecule has 214 valence electrons. The minimum absolute atomic E-state index is 1.17. The van der Waals surface area contributed by atoms with Crippen molar-refractivity contribution in [3.05, 3.63) is 164 Å². The third kappa shape index (κ3) is 3.74. The molecule has 0 bridgehead atoms. The summed E-state index contributed by atoms with van der Waals surface area (Å²) in [5.74, 6) is 0. The average Bonchev–Trinajstić information content (AvgIpc) is 3.66. The summed E-state index contributed by atoms with van der Waals surface area (Å²) in [5.41, 5.74) is 8.66. The highest BCUT2D eigenvalue weighted by molar-refractivity contribution is 7.26. The highest BCUT2D eigenvalue weighted by Crippen LogP contribution is 2.42. The SMILES string of the molecule is c1cc(-c2c3ccccc3cc3ccccc23)cc(-n2c3ccccc3c3cc(-c4cccc5c4sc4ccccc45)ccc32)c1. The summed E-state index contributed by atoms with van der Waals surface area (Å²) >= 11 is 1.89. The molecule has 2 heteroatoms. The standard InChI is InChI=1S/C44H27NS/c1-3-15-33-28(11-1)25-29-12-2-4-16-34(29)43(33)31-13-9-14-32(26-31)45-40-21-7-5-17-36(40)39-27-30(23-24-41(39)45)35-19-10-20-38-37-18-6-8-22-42(37)46-44(35)38/h1-27H. The normalized spacial score (nSPS) is 11.9. The van der Waals surface area contributed by atoms with Gasteiger partial charge in [0, 0.05) is 36.6 Å². The summed E-state index contributed by atoms with van der Waals surface area (Å²) < 4.78 is 5.12. The van der Waals surface area contributed by atoms with E-state index in [1.807, 2.05) is 11.3 Å². The van der Waals surface area contributed by atoms with E-state index in [0.29, 0.717) is 0 Å². The summed E-state index contributed by atoms with van der Waals surface area (Å²) in [4.78, 5) is 0. The molecule has 0 fully saturated rings. The maximum atomic E-state index is 2.44. The number of hydrogen-bond donors (Lipinski definition) is 0. The van der Waals surface area contributed by atoms with E-state index in [1.54, 1.807) is 0 Å². The molecule has 1 nitrogen and oxygen atoms in total. The van der Waals surface area contributed by atoms with Gasteiger partial charge in [-0.05, 0) is 86.3 Å². The highest BCUT2D eigenvalue weighted by Gasteiger charge is 2.17. The molecular formula is C44H27NS. The minimum atomic E-state index is 1.17. The molecule has 2 heterocycles. The molecule has 10 rings (SSSR count). The van der Waals surface area contributed by atoms with Crippen LogP contribution in [0.15, 0.2) is 164 Å². The molecule has 46 heavy (non-hydrogen) atoms.